The molecule has 0 unspecified atom stereocenters. The molecule has 0 saturated carbocycles. The average molecular weight is 326 g/mol. The van der Waals surface area contributed by atoms with E-state index in [2.05, 4.69) is 27.3 Å². The minimum Gasteiger partial charge on any atom is -0.378 e. The molecule has 0 atom stereocenters. The van der Waals surface area contributed by atoms with Crippen LogP contribution in [-0.2, 0) is 13.1 Å². The van der Waals surface area contributed by atoms with Gasteiger partial charge in [-0.25, -0.2) is 4.79 Å². The zero-order valence-corrected chi connectivity index (χ0v) is 14.9. The number of anilines is 1. The fraction of sp³-hybridized carbons (Fsp3) is 0.368. The van der Waals surface area contributed by atoms with Gasteiger partial charge in [0.2, 0.25) is 0 Å². The second-order valence-electron chi connectivity index (χ2n) is 6.30. The Morgan fingerprint density at radius 3 is 2.38 bits per heavy atom. The van der Waals surface area contributed by atoms with Crippen LogP contribution in [-0.4, -0.2) is 36.1 Å². The van der Waals surface area contributed by atoms with Crippen LogP contribution in [0.1, 0.15) is 25.0 Å². The third kappa shape index (κ3) is 4.98. The summed E-state index contributed by atoms with van der Waals surface area (Å²) in [6.45, 7) is 5.10. The number of carbonyl (C=O) groups excluding carboxylic acids is 1. The van der Waals surface area contributed by atoms with Gasteiger partial charge in [-0.05, 0) is 43.2 Å². The van der Waals surface area contributed by atoms with Crippen molar-refractivity contribution in [2.75, 3.05) is 19.0 Å². The van der Waals surface area contributed by atoms with Crippen LogP contribution in [0, 0.1) is 0 Å². The van der Waals surface area contributed by atoms with Gasteiger partial charge in [-0.1, -0.05) is 18.2 Å². The first-order valence-electron chi connectivity index (χ1n) is 8.17. The van der Waals surface area contributed by atoms with E-state index in [-0.39, 0.29) is 12.1 Å². The smallest absolute Gasteiger partial charge is 0.318 e. The lowest BCUT2D eigenvalue weighted by molar-refractivity contribution is 0.179. The minimum absolute atomic E-state index is 0.0643. The number of carbonyl (C=O) groups is 1. The van der Waals surface area contributed by atoms with Crippen LogP contribution < -0.4 is 10.2 Å². The van der Waals surface area contributed by atoms with Crippen LogP contribution in [0.4, 0.5) is 10.5 Å². The first kappa shape index (κ1) is 17.8. The fourth-order valence-electron chi connectivity index (χ4n) is 2.37. The lowest BCUT2D eigenvalue weighted by atomic mass is 10.2. The third-order valence-corrected chi connectivity index (χ3v) is 3.86. The Morgan fingerprint density at radius 2 is 1.83 bits per heavy atom. The maximum absolute atomic E-state index is 12.5. The largest absolute Gasteiger partial charge is 0.378 e. The van der Waals surface area contributed by atoms with E-state index < -0.39 is 0 Å². The average Bonchev–Trinajstić information content (AvgIpc) is 2.58. The molecule has 2 rings (SSSR count). The molecule has 0 radical (unpaired) electrons. The summed E-state index contributed by atoms with van der Waals surface area (Å²) in [6.07, 6.45) is 3.53. The highest BCUT2D eigenvalue weighted by Crippen LogP contribution is 2.12. The summed E-state index contributed by atoms with van der Waals surface area (Å²) >= 11 is 0. The molecule has 1 N–H and O–H groups in total. The normalized spacial score (nSPS) is 10.5. The number of rotatable bonds is 6. The Balaban J connectivity index is 1.95. The molecule has 0 aliphatic heterocycles. The van der Waals surface area contributed by atoms with Crippen LogP contribution in [0.2, 0.25) is 0 Å². The Hall–Kier alpha value is -2.56. The Bertz CT molecular complexity index is 638. The molecular weight excluding hydrogens is 300 g/mol. The summed E-state index contributed by atoms with van der Waals surface area (Å²) < 4.78 is 0. The SMILES string of the molecule is CC(C)N(Cc1cccnc1)C(=O)NCc1ccc(N(C)C)cc1. The molecule has 5 nitrogen and oxygen atoms in total. The molecule has 24 heavy (non-hydrogen) atoms. The van der Waals surface area contributed by atoms with Crippen molar-refractivity contribution >= 4 is 11.7 Å². The van der Waals surface area contributed by atoms with Gasteiger partial charge in [0.15, 0.2) is 0 Å². The number of nitrogens with zero attached hydrogens (tertiary/aromatic N) is 3. The predicted molar refractivity (Wildman–Crippen MR) is 97.9 cm³/mol. The van der Waals surface area contributed by atoms with E-state index >= 15 is 0 Å². The van der Waals surface area contributed by atoms with Crippen molar-refractivity contribution in [3.63, 3.8) is 0 Å². The number of hydrogen-bond acceptors (Lipinski definition) is 3. The molecule has 1 aromatic carbocycles. The van der Waals surface area contributed by atoms with Gasteiger partial charge in [0.05, 0.1) is 0 Å². The summed E-state index contributed by atoms with van der Waals surface area (Å²) in [6, 6.07) is 12.1. The summed E-state index contributed by atoms with van der Waals surface area (Å²) in [4.78, 5) is 20.5. The lowest BCUT2D eigenvalue weighted by Gasteiger charge is -2.27. The van der Waals surface area contributed by atoms with Gasteiger partial charge >= 0.3 is 6.03 Å². The number of urea groups is 1. The van der Waals surface area contributed by atoms with Crippen LogP contribution >= 0.6 is 0 Å². The number of pyridine rings is 1. The zero-order chi connectivity index (χ0) is 17.5. The van der Waals surface area contributed by atoms with Gasteiger partial charge in [-0.2, -0.15) is 0 Å². The third-order valence-electron chi connectivity index (χ3n) is 3.86. The monoisotopic (exact) mass is 326 g/mol. The molecule has 128 valence electrons. The second kappa shape index (κ2) is 8.34. The van der Waals surface area contributed by atoms with Crippen molar-refractivity contribution in [1.82, 2.24) is 15.2 Å². The molecule has 1 aromatic heterocycles. The van der Waals surface area contributed by atoms with Gasteiger partial charge in [0, 0.05) is 51.3 Å². The number of aromatic nitrogens is 1. The standard InChI is InChI=1S/C19H26N4O/c1-15(2)23(14-17-6-5-11-20-12-17)19(24)21-13-16-7-9-18(10-8-16)22(3)4/h5-12,15H,13-14H2,1-4H3,(H,21,24). The van der Waals surface area contributed by atoms with Crippen LogP contribution in [0.5, 0.6) is 0 Å². The highest BCUT2D eigenvalue weighted by Gasteiger charge is 2.17. The maximum atomic E-state index is 12.5. The molecular formula is C19H26N4O. The molecule has 2 amide bonds. The van der Waals surface area contributed by atoms with E-state index in [1.165, 1.54) is 0 Å². The number of benzene rings is 1. The Labute approximate surface area is 144 Å². The van der Waals surface area contributed by atoms with E-state index in [1.807, 2.05) is 57.1 Å². The van der Waals surface area contributed by atoms with Crippen molar-refractivity contribution < 1.29 is 4.79 Å². The molecule has 0 aliphatic rings. The van der Waals surface area contributed by atoms with E-state index in [4.69, 9.17) is 0 Å². The molecule has 0 bridgehead atoms. The van der Waals surface area contributed by atoms with E-state index in [9.17, 15) is 4.79 Å². The van der Waals surface area contributed by atoms with Crippen molar-refractivity contribution in [2.24, 2.45) is 0 Å². The van der Waals surface area contributed by atoms with Crippen LogP contribution in [0.15, 0.2) is 48.8 Å². The summed E-state index contributed by atoms with van der Waals surface area (Å²) in [5.74, 6) is 0. The zero-order valence-electron chi connectivity index (χ0n) is 14.9. The Kier molecular flexibility index (Phi) is 6.18. The van der Waals surface area contributed by atoms with Gasteiger partial charge in [-0.15, -0.1) is 0 Å². The molecule has 2 aromatic rings. The van der Waals surface area contributed by atoms with E-state index in [1.54, 1.807) is 12.4 Å². The van der Waals surface area contributed by atoms with Gasteiger partial charge < -0.3 is 15.1 Å². The van der Waals surface area contributed by atoms with Gasteiger partial charge in [-0.3, -0.25) is 4.98 Å². The highest BCUT2D eigenvalue weighted by atomic mass is 16.2. The summed E-state index contributed by atoms with van der Waals surface area (Å²) in [7, 11) is 4.02. The molecule has 0 aliphatic carbocycles. The van der Waals surface area contributed by atoms with Crippen LogP contribution in [0.3, 0.4) is 0 Å². The second-order valence-corrected chi connectivity index (χ2v) is 6.30. The molecule has 0 spiro atoms. The Morgan fingerprint density at radius 1 is 1.12 bits per heavy atom. The molecule has 1 heterocycles. The maximum Gasteiger partial charge on any atom is 0.318 e. The minimum atomic E-state index is -0.0643. The van der Waals surface area contributed by atoms with Gasteiger partial charge in [0.1, 0.15) is 0 Å². The lowest BCUT2D eigenvalue weighted by Crippen LogP contribution is -2.43. The number of nitrogens with one attached hydrogen (secondary N) is 1. The van der Waals surface area contributed by atoms with Crippen molar-refractivity contribution in [3.8, 4) is 0 Å². The summed E-state index contributed by atoms with van der Waals surface area (Å²) in [5, 5.41) is 3.00. The molecule has 0 fully saturated rings. The summed E-state index contributed by atoms with van der Waals surface area (Å²) in [5.41, 5.74) is 3.25. The van der Waals surface area contributed by atoms with E-state index in [0.717, 1.165) is 16.8 Å². The van der Waals surface area contributed by atoms with Crippen molar-refractivity contribution in [1.29, 1.82) is 0 Å². The highest BCUT2D eigenvalue weighted by molar-refractivity contribution is 5.74. The predicted octanol–water partition coefficient (Wildman–Crippen LogP) is 3.27. The van der Waals surface area contributed by atoms with Crippen molar-refractivity contribution in [2.45, 2.75) is 33.0 Å². The van der Waals surface area contributed by atoms with Crippen molar-refractivity contribution in [3.05, 3.63) is 59.9 Å². The first-order valence-corrected chi connectivity index (χ1v) is 8.17. The van der Waals surface area contributed by atoms with E-state index in [0.29, 0.717) is 13.1 Å². The molecule has 5 heteroatoms. The fourth-order valence-corrected chi connectivity index (χ4v) is 2.37. The molecule has 0 saturated heterocycles. The number of hydrogen-bond donors (Lipinski definition) is 1. The number of amides is 2. The first-order chi connectivity index (χ1) is 11.5. The van der Waals surface area contributed by atoms with Gasteiger partial charge in [0.25, 0.3) is 0 Å². The topological polar surface area (TPSA) is 48.5 Å². The van der Waals surface area contributed by atoms with Crippen LogP contribution in [0.25, 0.3) is 0 Å². The quantitative estimate of drug-likeness (QED) is 0.886.